The van der Waals surface area contributed by atoms with E-state index in [1.807, 2.05) is 6.92 Å². The summed E-state index contributed by atoms with van der Waals surface area (Å²) in [5.74, 6) is -0.0672. The number of carbonyl (C=O) groups excluding carboxylic acids is 1. The van der Waals surface area contributed by atoms with E-state index in [2.05, 4.69) is 10.3 Å². The van der Waals surface area contributed by atoms with Gasteiger partial charge in [-0.1, -0.05) is 6.92 Å². The molecule has 1 aromatic heterocycles. The Morgan fingerprint density at radius 3 is 2.59 bits per heavy atom. The van der Waals surface area contributed by atoms with Crippen LogP contribution in [0.1, 0.15) is 23.7 Å². The number of aromatic nitrogens is 1. The molecular formula is C11H14Cl2N2O2. The maximum Gasteiger partial charge on any atom is 0.257 e. The van der Waals surface area contributed by atoms with Crippen molar-refractivity contribution in [2.45, 2.75) is 18.9 Å². The van der Waals surface area contributed by atoms with Gasteiger partial charge in [0.05, 0.1) is 5.54 Å². The Hall–Kier alpha value is -1.00. The third-order valence-corrected chi connectivity index (χ3v) is 3.66. The van der Waals surface area contributed by atoms with Crippen LogP contribution in [-0.4, -0.2) is 28.2 Å². The molecule has 0 fully saturated rings. The van der Waals surface area contributed by atoms with Gasteiger partial charge in [-0.25, -0.2) is 0 Å². The number of halogens is 2. The lowest BCUT2D eigenvalue weighted by atomic mass is 10.0. The smallest absolute Gasteiger partial charge is 0.257 e. The molecule has 4 nitrogen and oxygen atoms in total. The van der Waals surface area contributed by atoms with Crippen LogP contribution in [0.3, 0.4) is 0 Å². The molecular weight excluding hydrogens is 263 g/mol. The lowest BCUT2D eigenvalue weighted by molar-refractivity contribution is 0.0912. The molecule has 1 amide bonds. The van der Waals surface area contributed by atoms with Crippen LogP contribution in [0.4, 0.5) is 0 Å². The van der Waals surface area contributed by atoms with E-state index in [0.717, 1.165) is 0 Å². The number of H-pyrrole nitrogens is 1. The number of hydrogen-bond acceptors (Lipinski definition) is 2. The van der Waals surface area contributed by atoms with E-state index < -0.39 is 11.4 Å². The summed E-state index contributed by atoms with van der Waals surface area (Å²) in [6.07, 6.45) is 3.42. The molecule has 0 aromatic carbocycles. The van der Waals surface area contributed by atoms with Crippen LogP contribution in [-0.2, 0) is 0 Å². The molecule has 2 N–H and O–H groups in total. The molecule has 0 aliphatic carbocycles. The van der Waals surface area contributed by atoms with Gasteiger partial charge in [0.2, 0.25) is 0 Å². The molecule has 0 radical (unpaired) electrons. The highest BCUT2D eigenvalue weighted by atomic mass is 35.5. The molecule has 0 aliphatic rings. The number of hydrogen-bond donors (Lipinski definition) is 2. The number of aromatic amines is 1. The minimum absolute atomic E-state index is 0.0561. The van der Waals surface area contributed by atoms with Crippen LogP contribution in [0.5, 0.6) is 0 Å². The molecule has 1 rings (SSSR count). The summed E-state index contributed by atoms with van der Waals surface area (Å²) >= 11 is 11.6. The van der Waals surface area contributed by atoms with E-state index >= 15 is 0 Å². The van der Waals surface area contributed by atoms with Gasteiger partial charge in [-0.15, -0.1) is 23.2 Å². The van der Waals surface area contributed by atoms with Crippen molar-refractivity contribution in [1.29, 1.82) is 0 Å². The maximum absolute atomic E-state index is 11.9. The van der Waals surface area contributed by atoms with Gasteiger partial charge in [0.25, 0.3) is 5.91 Å². The fraction of sp³-hybridized carbons (Fsp3) is 0.455. The SMILES string of the molecule is CCC(CCl)(CCl)NC(=O)c1c[nH]ccc1=O. The van der Waals surface area contributed by atoms with Crippen LogP contribution in [0, 0.1) is 0 Å². The Bertz CT molecular complexity index is 433. The normalized spacial score (nSPS) is 11.2. The first kappa shape index (κ1) is 14.1. The first-order valence-corrected chi connectivity index (χ1v) is 6.27. The molecule has 0 bridgehead atoms. The summed E-state index contributed by atoms with van der Waals surface area (Å²) in [7, 11) is 0. The van der Waals surface area contributed by atoms with Gasteiger partial charge in [-0.05, 0) is 6.42 Å². The van der Waals surface area contributed by atoms with Crippen LogP contribution < -0.4 is 10.7 Å². The van der Waals surface area contributed by atoms with Gasteiger partial charge < -0.3 is 10.3 Å². The molecule has 0 saturated heterocycles. The van der Waals surface area contributed by atoms with Crippen LogP contribution in [0.2, 0.25) is 0 Å². The van der Waals surface area contributed by atoms with Crippen molar-refractivity contribution in [2.24, 2.45) is 0 Å². The van der Waals surface area contributed by atoms with Crippen molar-refractivity contribution in [2.75, 3.05) is 11.8 Å². The highest BCUT2D eigenvalue weighted by Gasteiger charge is 2.29. The average molecular weight is 277 g/mol. The molecule has 94 valence electrons. The fourth-order valence-corrected chi connectivity index (χ4v) is 2.08. The molecule has 6 heteroatoms. The highest BCUT2D eigenvalue weighted by molar-refractivity contribution is 6.22. The standard InChI is InChI=1S/C11H14Cl2N2O2/c1-2-11(6-12,7-13)15-10(17)8-5-14-4-3-9(8)16/h3-5H,2,6-7H2,1H3,(H,14,16)(H,15,17). The first-order chi connectivity index (χ1) is 8.08. The van der Waals surface area contributed by atoms with Gasteiger partial charge in [-0.3, -0.25) is 9.59 Å². The van der Waals surface area contributed by atoms with Crippen molar-refractivity contribution in [3.8, 4) is 0 Å². The number of nitrogens with one attached hydrogen (secondary N) is 2. The summed E-state index contributed by atoms with van der Waals surface area (Å²) < 4.78 is 0. The molecule has 0 atom stereocenters. The number of rotatable bonds is 5. The monoisotopic (exact) mass is 276 g/mol. The third kappa shape index (κ3) is 3.23. The molecule has 0 aliphatic heterocycles. The van der Waals surface area contributed by atoms with E-state index in [-0.39, 0.29) is 22.8 Å². The van der Waals surface area contributed by atoms with Crippen LogP contribution >= 0.6 is 23.2 Å². The summed E-state index contributed by atoms with van der Waals surface area (Å²) in [5.41, 5.74) is -0.960. The predicted octanol–water partition coefficient (Wildman–Crippen LogP) is 1.73. The summed E-state index contributed by atoms with van der Waals surface area (Å²) in [6.45, 7) is 1.88. The van der Waals surface area contributed by atoms with Gasteiger partial charge in [-0.2, -0.15) is 0 Å². The number of pyridine rings is 1. The van der Waals surface area contributed by atoms with Crippen molar-refractivity contribution in [3.05, 3.63) is 34.2 Å². The predicted molar refractivity (Wildman–Crippen MR) is 69.0 cm³/mol. The summed E-state index contributed by atoms with van der Waals surface area (Å²) in [6, 6.07) is 1.30. The minimum Gasteiger partial charge on any atom is -0.367 e. The third-order valence-electron chi connectivity index (χ3n) is 2.64. The topological polar surface area (TPSA) is 62.0 Å². The second-order valence-corrected chi connectivity index (χ2v) is 4.31. The van der Waals surface area contributed by atoms with Gasteiger partial charge in [0.1, 0.15) is 5.56 Å². The maximum atomic E-state index is 11.9. The van der Waals surface area contributed by atoms with Crippen LogP contribution in [0.25, 0.3) is 0 Å². The van der Waals surface area contributed by atoms with Crippen LogP contribution in [0.15, 0.2) is 23.3 Å². The van der Waals surface area contributed by atoms with Crippen molar-refractivity contribution in [3.63, 3.8) is 0 Å². The van der Waals surface area contributed by atoms with E-state index in [1.165, 1.54) is 18.5 Å². The summed E-state index contributed by atoms with van der Waals surface area (Å²) in [5, 5.41) is 2.71. The minimum atomic E-state index is -0.678. The Morgan fingerprint density at radius 1 is 1.47 bits per heavy atom. The number of amides is 1. The lowest BCUT2D eigenvalue weighted by Gasteiger charge is -2.29. The number of alkyl halides is 2. The largest absolute Gasteiger partial charge is 0.367 e. The zero-order valence-electron chi connectivity index (χ0n) is 9.43. The molecule has 17 heavy (non-hydrogen) atoms. The summed E-state index contributed by atoms with van der Waals surface area (Å²) in [4.78, 5) is 26.1. The van der Waals surface area contributed by atoms with E-state index in [0.29, 0.717) is 6.42 Å². The van der Waals surface area contributed by atoms with E-state index in [4.69, 9.17) is 23.2 Å². The molecule has 0 unspecified atom stereocenters. The first-order valence-electron chi connectivity index (χ1n) is 5.20. The van der Waals surface area contributed by atoms with Gasteiger partial charge >= 0.3 is 0 Å². The molecule has 1 heterocycles. The average Bonchev–Trinajstić information content (AvgIpc) is 2.36. The molecule has 1 aromatic rings. The van der Waals surface area contributed by atoms with E-state index in [1.54, 1.807) is 0 Å². The fourth-order valence-electron chi connectivity index (χ4n) is 1.28. The van der Waals surface area contributed by atoms with Crippen molar-refractivity contribution < 1.29 is 4.79 Å². The Morgan fingerprint density at radius 2 is 2.12 bits per heavy atom. The van der Waals surface area contributed by atoms with Gasteiger partial charge in [0.15, 0.2) is 5.43 Å². The van der Waals surface area contributed by atoms with E-state index in [9.17, 15) is 9.59 Å². The second-order valence-electron chi connectivity index (χ2n) is 3.78. The molecule has 0 saturated carbocycles. The van der Waals surface area contributed by atoms with Crippen molar-refractivity contribution in [1.82, 2.24) is 10.3 Å². The Labute approximate surface area is 109 Å². The lowest BCUT2D eigenvalue weighted by Crippen LogP contribution is -2.52. The zero-order valence-corrected chi connectivity index (χ0v) is 10.9. The molecule has 0 spiro atoms. The van der Waals surface area contributed by atoms with Crippen molar-refractivity contribution >= 4 is 29.1 Å². The Balaban J connectivity index is 2.93. The zero-order chi connectivity index (χ0) is 12.9. The quantitative estimate of drug-likeness (QED) is 0.805. The second kappa shape index (κ2) is 6.07. The number of carbonyl (C=O) groups is 1. The highest BCUT2D eigenvalue weighted by Crippen LogP contribution is 2.15. The van der Waals surface area contributed by atoms with Gasteiger partial charge in [0, 0.05) is 30.2 Å². The Kier molecular flexibility index (Phi) is 5.02.